The molecule has 0 radical (unpaired) electrons. The highest BCUT2D eigenvalue weighted by Gasteiger charge is 2.25. The molecule has 0 saturated carbocycles. The minimum Gasteiger partial charge on any atom is -0.456 e. The van der Waals surface area contributed by atoms with Crippen molar-refractivity contribution in [3.63, 3.8) is 0 Å². The molecule has 0 bridgehead atoms. The maximum absolute atomic E-state index is 6.66. The van der Waals surface area contributed by atoms with Gasteiger partial charge in [-0.2, -0.15) is 0 Å². The number of aromatic nitrogens is 5. The fourth-order valence-electron chi connectivity index (χ4n) is 10.3. The molecule has 14 rings (SSSR count). The molecule has 6 heteroatoms. The molecular weight excluding hydrogens is 795 g/mol. The minimum atomic E-state index is 0.556. The molecule has 10 aromatic carbocycles. The van der Waals surface area contributed by atoms with E-state index in [9.17, 15) is 0 Å². The zero-order valence-corrected chi connectivity index (χ0v) is 34.9. The summed E-state index contributed by atoms with van der Waals surface area (Å²) in [6.07, 6.45) is 0. The van der Waals surface area contributed by atoms with E-state index in [1.54, 1.807) is 0 Å². The lowest BCUT2D eigenvalue weighted by atomic mass is 10.0. The van der Waals surface area contributed by atoms with Crippen LogP contribution in [0.1, 0.15) is 0 Å². The molecular formula is C59H35N5O. The molecule has 0 N–H and O–H groups in total. The summed E-state index contributed by atoms with van der Waals surface area (Å²) in [5.41, 5.74) is 10.7. The summed E-state index contributed by atoms with van der Waals surface area (Å²) in [6, 6.07) is 75.0. The van der Waals surface area contributed by atoms with Gasteiger partial charge in [-0.15, -0.1) is 0 Å². The quantitative estimate of drug-likeness (QED) is 0.173. The molecule has 0 amide bonds. The van der Waals surface area contributed by atoms with Crippen LogP contribution < -0.4 is 0 Å². The molecule has 0 spiro atoms. The normalized spacial score (nSPS) is 12.0. The molecule has 0 aliphatic heterocycles. The number of para-hydroxylation sites is 4. The Labute approximate surface area is 371 Å². The molecule has 6 nitrogen and oxygen atoms in total. The van der Waals surface area contributed by atoms with Gasteiger partial charge in [-0.3, -0.25) is 0 Å². The van der Waals surface area contributed by atoms with Crippen molar-refractivity contribution in [3.05, 3.63) is 212 Å². The lowest BCUT2D eigenvalue weighted by molar-refractivity contribution is 0.669. The zero-order chi connectivity index (χ0) is 42.6. The highest BCUT2D eigenvalue weighted by molar-refractivity contribution is 6.18. The SMILES string of the molecule is c1ccc(-n2c3ccccc3c3ccc(-c4nc(-c5cccc6ccccc56)nc(-c5c(-n6c7ccccc7c7cc8ccccc8cc76)ccc6oc7ccccc7c56)n4)cc32)cc1. The standard InChI is InChI=1S/C59H35N5O/c1-2-19-40(20-3-1)63-48-26-11-8-22-42(48)44-30-29-39(35-51(44)63)57-60-58(45-25-14-18-36-15-6-7-21-41(36)45)62-59(61-57)56-50(31-32-54-55(56)46-24-10-13-28-53(46)65-54)64-49-27-12-9-23-43(49)47-33-37-16-4-5-17-38(37)34-52(47)64/h1-35H. The van der Waals surface area contributed by atoms with E-state index in [0.29, 0.717) is 17.5 Å². The number of nitrogens with zero attached hydrogens (tertiary/aromatic N) is 5. The maximum Gasteiger partial charge on any atom is 0.166 e. The predicted molar refractivity (Wildman–Crippen MR) is 267 cm³/mol. The first-order valence-corrected chi connectivity index (χ1v) is 21.9. The number of hydrogen-bond donors (Lipinski definition) is 0. The number of rotatable bonds is 5. The second kappa shape index (κ2) is 13.8. The first-order valence-electron chi connectivity index (χ1n) is 21.9. The molecule has 302 valence electrons. The number of fused-ring (bicyclic) bond motifs is 11. The van der Waals surface area contributed by atoms with E-state index in [1.165, 1.54) is 26.9 Å². The van der Waals surface area contributed by atoms with Crippen LogP contribution in [0.15, 0.2) is 217 Å². The van der Waals surface area contributed by atoms with E-state index >= 15 is 0 Å². The smallest absolute Gasteiger partial charge is 0.166 e. The third-order valence-corrected chi connectivity index (χ3v) is 13.1. The second-order valence-electron chi connectivity index (χ2n) is 16.8. The van der Waals surface area contributed by atoms with Gasteiger partial charge in [0.2, 0.25) is 0 Å². The summed E-state index contributed by atoms with van der Waals surface area (Å²) in [7, 11) is 0. The Kier molecular flexibility index (Phi) is 7.59. The molecule has 4 aromatic heterocycles. The van der Waals surface area contributed by atoms with Crippen molar-refractivity contribution in [3.8, 4) is 45.5 Å². The van der Waals surface area contributed by atoms with Crippen LogP contribution in [-0.2, 0) is 0 Å². The molecule has 0 aliphatic rings. The Morgan fingerprint density at radius 3 is 1.77 bits per heavy atom. The van der Waals surface area contributed by atoms with Crippen molar-refractivity contribution in [2.75, 3.05) is 0 Å². The average Bonchev–Trinajstić information content (AvgIpc) is 4.02. The van der Waals surface area contributed by atoms with Gasteiger partial charge in [-0.25, -0.2) is 15.0 Å². The highest BCUT2D eigenvalue weighted by atomic mass is 16.3. The molecule has 65 heavy (non-hydrogen) atoms. The second-order valence-corrected chi connectivity index (χ2v) is 16.8. The van der Waals surface area contributed by atoms with Gasteiger partial charge in [0.1, 0.15) is 11.2 Å². The van der Waals surface area contributed by atoms with Crippen molar-refractivity contribution in [1.82, 2.24) is 24.1 Å². The molecule has 4 heterocycles. The molecule has 14 aromatic rings. The van der Waals surface area contributed by atoms with Crippen LogP contribution in [-0.4, -0.2) is 24.1 Å². The first-order chi connectivity index (χ1) is 32.2. The van der Waals surface area contributed by atoms with E-state index in [1.807, 2.05) is 12.1 Å². The number of furan rings is 1. The van der Waals surface area contributed by atoms with Crippen LogP contribution >= 0.6 is 0 Å². The topological polar surface area (TPSA) is 61.7 Å². The monoisotopic (exact) mass is 829 g/mol. The summed E-state index contributed by atoms with van der Waals surface area (Å²) >= 11 is 0. The largest absolute Gasteiger partial charge is 0.456 e. The first kappa shape index (κ1) is 35.7. The number of hydrogen-bond acceptors (Lipinski definition) is 4. The van der Waals surface area contributed by atoms with Gasteiger partial charge in [-0.05, 0) is 82.2 Å². The van der Waals surface area contributed by atoms with E-state index in [4.69, 9.17) is 19.4 Å². The average molecular weight is 830 g/mol. The zero-order valence-electron chi connectivity index (χ0n) is 34.9. The van der Waals surface area contributed by atoms with Crippen molar-refractivity contribution < 1.29 is 4.42 Å². The Hall–Kier alpha value is -8.87. The summed E-state index contributed by atoms with van der Waals surface area (Å²) in [5, 5.41) is 11.2. The van der Waals surface area contributed by atoms with Gasteiger partial charge in [0, 0.05) is 49.1 Å². The Balaban J connectivity index is 1.12. The lowest BCUT2D eigenvalue weighted by Gasteiger charge is -2.16. The van der Waals surface area contributed by atoms with Crippen molar-refractivity contribution >= 4 is 87.1 Å². The van der Waals surface area contributed by atoms with E-state index < -0.39 is 0 Å². The van der Waals surface area contributed by atoms with Crippen LogP contribution in [0.25, 0.3) is 133 Å². The van der Waals surface area contributed by atoms with Crippen LogP contribution in [0.2, 0.25) is 0 Å². The fraction of sp³-hybridized carbons (Fsp3) is 0. The van der Waals surface area contributed by atoms with Gasteiger partial charge in [-0.1, -0.05) is 152 Å². The van der Waals surface area contributed by atoms with Crippen LogP contribution in [0, 0.1) is 0 Å². The van der Waals surface area contributed by atoms with Gasteiger partial charge < -0.3 is 13.6 Å². The van der Waals surface area contributed by atoms with Crippen molar-refractivity contribution in [2.24, 2.45) is 0 Å². The summed E-state index contributed by atoms with van der Waals surface area (Å²) in [6.45, 7) is 0. The van der Waals surface area contributed by atoms with Gasteiger partial charge in [0.25, 0.3) is 0 Å². The summed E-state index contributed by atoms with van der Waals surface area (Å²) in [4.78, 5) is 16.5. The molecule has 0 saturated heterocycles. The molecule has 0 atom stereocenters. The molecule has 0 fully saturated rings. The minimum absolute atomic E-state index is 0.556. The van der Waals surface area contributed by atoms with Gasteiger partial charge in [0.05, 0.1) is 33.3 Å². The lowest BCUT2D eigenvalue weighted by Crippen LogP contribution is -2.04. The fourth-order valence-corrected chi connectivity index (χ4v) is 10.3. The third-order valence-electron chi connectivity index (χ3n) is 13.1. The number of benzene rings is 10. The summed E-state index contributed by atoms with van der Waals surface area (Å²) in [5.74, 6) is 1.73. The maximum atomic E-state index is 6.66. The Morgan fingerprint density at radius 2 is 0.938 bits per heavy atom. The third kappa shape index (κ3) is 5.38. The summed E-state index contributed by atoms with van der Waals surface area (Å²) < 4.78 is 11.4. The predicted octanol–water partition coefficient (Wildman–Crippen LogP) is 15.3. The van der Waals surface area contributed by atoms with E-state index in [-0.39, 0.29) is 0 Å². The van der Waals surface area contributed by atoms with Crippen molar-refractivity contribution in [1.29, 1.82) is 0 Å². The van der Waals surface area contributed by atoms with Crippen molar-refractivity contribution in [2.45, 2.75) is 0 Å². The van der Waals surface area contributed by atoms with Crippen LogP contribution in [0.4, 0.5) is 0 Å². The van der Waals surface area contributed by atoms with E-state index in [0.717, 1.165) is 88.2 Å². The molecule has 0 aliphatic carbocycles. The van der Waals surface area contributed by atoms with Gasteiger partial charge in [0.15, 0.2) is 17.5 Å². The Bertz CT molecular complexity index is 4250. The highest BCUT2D eigenvalue weighted by Crippen LogP contribution is 2.44. The molecule has 0 unspecified atom stereocenters. The van der Waals surface area contributed by atoms with Crippen LogP contribution in [0.3, 0.4) is 0 Å². The van der Waals surface area contributed by atoms with Crippen LogP contribution in [0.5, 0.6) is 0 Å². The Morgan fingerprint density at radius 1 is 0.338 bits per heavy atom. The van der Waals surface area contributed by atoms with E-state index in [2.05, 4.69) is 209 Å². The van der Waals surface area contributed by atoms with Gasteiger partial charge >= 0.3 is 0 Å².